The van der Waals surface area contributed by atoms with Gasteiger partial charge in [-0.1, -0.05) is 18.2 Å². The molecule has 0 bridgehead atoms. The molecular formula is C21H17N5O3S. The fraction of sp³-hybridized carbons (Fsp3) is 0.0952. The molecule has 0 saturated heterocycles. The van der Waals surface area contributed by atoms with Crippen LogP contribution in [0, 0.1) is 0 Å². The zero-order valence-corrected chi connectivity index (χ0v) is 17.0. The highest BCUT2D eigenvalue weighted by atomic mass is 32.1. The van der Waals surface area contributed by atoms with Gasteiger partial charge >= 0.3 is 0 Å². The second kappa shape index (κ2) is 8.26. The smallest absolute Gasteiger partial charge is 0.295 e. The van der Waals surface area contributed by atoms with Crippen LogP contribution >= 0.6 is 11.3 Å². The van der Waals surface area contributed by atoms with Gasteiger partial charge in [0.05, 0.1) is 5.69 Å². The number of hydrogen-bond acceptors (Lipinski definition) is 7. The van der Waals surface area contributed by atoms with Crippen molar-refractivity contribution in [2.75, 3.05) is 19.4 Å². The number of carbonyl (C=O) groups is 2. The summed E-state index contributed by atoms with van der Waals surface area (Å²) in [6, 6.07) is 12.4. The van der Waals surface area contributed by atoms with Crippen LogP contribution < -0.4 is 5.32 Å². The van der Waals surface area contributed by atoms with Gasteiger partial charge in [0, 0.05) is 36.8 Å². The zero-order valence-electron chi connectivity index (χ0n) is 16.2. The number of rotatable bonds is 5. The summed E-state index contributed by atoms with van der Waals surface area (Å²) in [5.74, 6) is -0.499. The van der Waals surface area contributed by atoms with Crippen LogP contribution in [0.5, 0.6) is 0 Å². The highest BCUT2D eigenvalue weighted by molar-refractivity contribution is 7.14. The molecule has 0 saturated carbocycles. The van der Waals surface area contributed by atoms with Crippen LogP contribution in [0.1, 0.15) is 20.9 Å². The van der Waals surface area contributed by atoms with E-state index in [1.54, 1.807) is 44.6 Å². The summed E-state index contributed by atoms with van der Waals surface area (Å²) in [7, 11) is 3.38. The molecule has 2 amide bonds. The van der Waals surface area contributed by atoms with Gasteiger partial charge in [0.2, 0.25) is 5.76 Å². The predicted molar refractivity (Wildman–Crippen MR) is 113 cm³/mol. The summed E-state index contributed by atoms with van der Waals surface area (Å²) in [4.78, 5) is 39.1. The Balaban J connectivity index is 1.53. The van der Waals surface area contributed by atoms with Crippen LogP contribution in [0.4, 0.5) is 5.13 Å². The molecule has 0 atom stereocenters. The van der Waals surface area contributed by atoms with Crippen LogP contribution in [-0.4, -0.2) is 45.8 Å². The Morgan fingerprint density at radius 2 is 1.83 bits per heavy atom. The van der Waals surface area contributed by atoms with Crippen molar-refractivity contribution < 1.29 is 14.0 Å². The largest absolute Gasteiger partial charge is 0.438 e. The van der Waals surface area contributed by atoms with E-state index in [2.05, 4.69) is 20.3 Å². The highest BCUT2D eigenvalue weighted by Crippen LogP contribution is 2.26. The molecule has 8 nitrogen and oxygen atoms in total. The molecular weight excluding hydrogens is 402 g/mol. The Morgan fingerprint density at radius 3 is 2.53 bits per heavy atom. The lowest BCUT2D eigenvalue weighted by Gasteiger charge is -2.10. The first-order chi connectivity index (χ1) is 14.5. The SMILES string of the molecule is CN(C)C(=O)c1ccc(-c2ncoc2C(=O)Nc2nc(-c3ccccn3)cs2)cc1. The number of benzene rings is 1. The third kappa shape index (κ3) is 3.96. The number of oxazole rings is 1. The summed E-state index contributed by atoms with van der Waals surface area (Å²) in [5, 5.41) is 4.98. The van der Waals surface area contributed by atoms with Crippen LogP contribution in [-0.2, 0) is 0 Å². The van der Waals surface area contributed by atoms with E-state index in [0.29, 0.717) is 27.6 Å². The van der Waals surface area contributed by atoms with E-state index in [1.165, 1.54) is 22.6 Å². The van der Waals surface area contributed by atoms with Crippen molar-refractivity contribution >= 4 is 28.3 Å². The van der Waals surface area contributed by atoms with Crippen LogP contribution in [0.2, 0.25) is 0 Å². The first-order valence-electron chi connectivity index (χ1n) is 8.97. The second-order valence-electron chi connectivity index (χ2n) is 6.51. The van der Waals surface area contributed by atoms with Gasteiger partial charge in [0.1, 0.15) is 11.4 Å². The van der Waals surface area contributed by atoms with Crippen molar-refractivity contribution in [3.63, 3.8) is 0 Å². The minimum Gasteiger partial charge on any atom is -0.438 e. The molecule has 3 aromatic heterocycles. The maximum Gasteiger partial charge on any atom is 0.295 e. The van der Waals surface area contributed by atoms with E-state index >= 15 is 0 Å². The lowest BCUT2D eigenvalue weighted by molar-refractivity contribution is 0.0827. The molecule has 9 heteroatoms. The van der Waals surface area contributed by atoms with Gasteiger partial charge in [-0.25, -0.2) is 9.97 Å². The molecule has 0 unspecified atom stereocenters. The molecule has 0 spiro atoms. The van der Waals surface area contributed by atoms with Gasteiger partial charge < -0.3 is 9.32 Å². The Hall–Kier alpha value is -3.85. The summed E-state index contributed by atoms with van der Waals surface area (Å²) >= 11 is 1.29. The number of pyridine rings is 1. The maximum absolute atomic E-state index is 12.7. The summed E-state index contributed by atoms with van der Waals surface area (Å²) in [6.07, 6.45) is 2.90. The van der Waals surface area contributed by atoms with Crippen molar-refractivity contribution in [3.8, 4) is 22.6 Å². The lowest BCUT2D eigenvalue weighted by atomic mass is 10.1. The summed E-state index contributed by atoms with van der Waals surface area (Å²) < 4.78 is 5.33. The minimum atomic E-state index is -0.460. The molecule has 4 aromatic rings. The predicted octanol–water partition coefficient (Wildman–Crippen LogP) is 3.81. The molecule has 0 aliphatic rings. The zero-order chi connectivity index (χ0) is 21.1. The lowest BCUT2D eigenvalue weighted by Crippen LogP contribution is -2.21. The molecule has 4 rings (SSSR count). The van der Waals surface area contributed by atoms with Crippen LogP contribution in [0.15, 0.2) is 64.9 Å². The molecule has 0 aliphatic heterocycles. The molecule has 30 heavy (non-hydrogen) atoms. The highest BCUT2D eigenvalue weighted by Gasteiger charge is 2.20. The van der Waals surface area contributed by atoms with Crippen molar-refractivity contribution in [3.05, 3.63) is 71.8 Å². The number of anilines is 1. The first kappa shape index (κ1) is 19.5. The Morgan fingerprint density at radius 1 is 1.03 bits per heavy atom. The molecule has 0 fully saturated rings. The van der Waals surface area contributed by atoms with Gasteiger partial charge in [-0.05, 0) is 24.3 Å². The number of nitrogens with one attached hydrogen (secondary N) is 1. The van der Waals surface area contributed by atoms with Gasteiger partial charge in [0.15, 0.2) is 11.5 Å². The van der Waals surface area contributed by atoms with Crippen molar-refractivity contribution in [2.45, 2.75) is 0 Å². The summed E-state index contributed by atoms with van der Waals surface area (Å²) in [6.45, 7) is 0. The third-order valence-corrected chi connectivity index (χ3v) is 4.99. The Bertz CT molecular complexity index is 1180. The number of hydrogen-bond donors (Lipinski definition) is 1. The number of aromatic nitrogens is 3. The number of thiazole rings is 1. The normalized spacial score (nSPS) is 10.6. The van der Waals surface area contributed by atoms with E-state index in [0.717, 1.165) is 5.69 Å². The molecule has 1 N–H and O–H groups in total. The maximum atomic E-state index is 12.7. The van der Waals surface area contributed by atoms with Gasteiger partial charge in [0.25, 0.3) is 11.8 Å². The Labute approximate surface area is 176 Å². The monoisotopic (exact) mass is 419 g/mol. The molecule has 0 radical (unpaired) electrons. The van der Waals surface area contributed by atoms with Crippen molar-refractivity contribution in [1.82, 2.24) is 19.9 Å². The van der Waals surface area contributed by atoms with Crippen LogP contribution in [0.3, 0.4) is 0 Å². The standard InChI is InChI=1S/C21H17N5O3S/c1-26(2)20(28)14-8-6-13(7-9-14)17-18(29-12-23-17)19(27)25-21-24-16(11-30-21)15-5-3-4-10-22-15/h3-12H,1-2H3,(H,24,25,27). The topological polar surface area (TPSA) is 101 Å². The van der Waals surface area contributed by atoms with Gasteiger partial charge in [-0.3, -0.25) is 19.9 Å². The minimum absolute atomic E-state index is 0.0660. The fourth-order valence-electron chi connectivity index (χ4n) is 2.76. The van der Waals surface area contributed by atoms with E-state index in [1.807, 2.05) is 23.6 Å². The van der Waals surface area contributed by atoms with Crippen LogP contribution in [0.25, 0.3) is 22.6 Å². The molecule has 1 aromatic carbocycles. The first-order valence-corrected chi connectivity index (χ1v) is 9.85. The van der Waals surface area contributed by atoms with Crippen molar-refractivity contribution in [2.24, 2.45) is 0 Å². The van der Waals surface area contributed by atoms with Gasteiger partial charge in [-0.2, -0.15) is 0 Å². The van der Waals surface area contributed by atoms with Gasteiger partial charge in [-0.15, -0.1) is 11.3 Å². The molecule has 0 aliphatic carbocycles. The van der Waals surface area contributed by atoms with E-state index in [-0.39, 0.29) is 11.7 Å². The number of amides is 2. The number of nitrogens with zero attached hydrogens (tertiary/aromatic N) is 4. The van der Waals surface area contributed by atoms with E-state index < -0.39 is 5.91 Å². The molecule has 150 valence electrons. The average molecular weight is 419 g/mol. The second-order valence-corrected chi connectivity index (χ2v) is 7.37. The summed E-state index contributed by atoms with van der Waals surface area (Å²) in [5.41, 5.74) is 3.00. The quantitative estimate of drug-likeness (QED) is 0.528. The third-order valence-electron chi connectivity index (χ3n) is 4.24. The Kier molecular flexibility index (Phi) is 5.36. The van der Waals surface area contributed by atoms with E-state index in [9.17, 15) is 9.59 Å². The number of carbonyl (C=O) groups excluding carboxylic acids is 2. The van der Waals surface area contributed by atoms with E-state index in [4.69, 9.17) is 4.42 Å². The average Bonchev–Trinajstić information content (AvgIpc) is 3.44. The molecule has 3 heterocycles. The fourth-order valence-corrected chi connectivity index (χ4v) is 3.46. The van der Waals surface area contributed by atoms with Crippen molar-refractivity contribution in [1.29, 1.82) is 0 Å².